The highest BCUT2D eigenvalue weighted by molar-refractivity contribution is 9.10. The Hall–Kier alpha value is -0.900. The molecule has 0 saturated heterocycles. The highest BCUT2D eigenvalue weighted by atomic mass is 79.9. The summed E-state index contributed by atoms with van der Waals surface area (Å²) in [5.74, 6) is 0.0122. The molecular formula is C10H13BrN2O. The number of nitrogens with one attached hydrogen (secondary N) is 1. The van der Waals surface area contributed by atoms with Crippen LogP contribution in [-0.4, -0.2) is 15.7 Å². The van der Waals surface area contributed by atoms with Gasteiger partial charge in [0.1, 0.15) is 0 Å². The summed E-state index contributed by atoms with van der Waals surface area (Å²) in [5, 5.41) is 2.80. The number of alkyl halides is 1. The molecule has 1 amide bonds. The fraction of sp³-hybridized carbons (Fsp3) is 0.400. The van der Waals surface area contributed by atoms with E-state index in [1.54, 1.807) is 6.20 Å². The minimum atomic E-state index is -0.105. The lowest BCUT2D eigenvalue weighted by Gasteiger charge is -2.07. The van der Waals surface area contributed by atoms with Crippen LogP contribution < -0.4 is 5.32 Å². The summed E-state index contributed by atoms with van der Waals surface area (Å²) in [5.41, 5.74) is 0.872. The highest BCUT2D eigenvalue weighted by Gasteiger charge is 2.11. The molecule has 0 aliphatic carbocycles. The number of aromatic nitrogens is 1. The van der Waals surface area contributed by atoms with E-state index in [1.165, 1.54) is 0 Å². The second-order valence-corrected chi connectivity index (χ2v) is 4.02. The Morgan fingerprint density at radius 2 is 2.43 bits per heavy atom. The van der Waals surface area contributed by atoms with Crippen molar-refractivity contribution in [1.82, 2.24) is 10.3 Å². The number of pyridine rings is 1. The van der Waals surface area contributed by atoms with Crippen LogP contribution in [0.1, 0.15) is 19.0 Å². The van der Waals surface area contributed by atoms with E-state index in [4.69, 9.17) is 0 Å². The number of nitrogens with zero attached hydrogens (tertiary/aromatic N) is 1. The van der Waals surface area contributed by atoms with Crippen LogP contribution in [0.2, 0.25) is 0 Å². The van der Waals surface area contributed by atoms with Crippen molar-refractivity contribution < 1.29 is 4.79 Å². The van der Waals surface area contributed by atoms with Gasteiger partial charge in [-0.2, -0.15) is 0 Å². The molecule has 0 fully saturated rings. The number of rotatable bonds is 4. The molecule has 1 atom stereocenters. The normalized spacial score (nSPS) is 12.1. The van der Waals surface area contributed by atoms with E-state index in [0.717, 1.165) is 12.1 Å². The van der Waals surface area contributed by atoms with Crippen molar-refractivity contribution in [3.8, 4) is 0 Å². The molecule has 1 aromatic heterocycles. The van der Waals surface area contributed by atoms with Crippen LogP contribution in [0.25, 0.3) is 0 Å². The molecule has 1 N–H and O–H groups in total. The Bertz CT molecular complexity index is 289. The van der Waals surface area contributed by atoms with Gasteiger partial charge < -0.3 is 5.32 Å². The summed E-state index contributed by atoms with van der Waals surface area (Å²) in [4.78, 5) is 15.4. The number of halogens is 1. The third-order valence-corrected chi connectivity index (χ3v) is 2.88. The minimum Gasteiger partial charge on any atom is -0.349 e. The average molecular weight is 257 g/mol. The van der Waals surface area contributed by atoms with Gasteiger partial charge in [-0.05, 0) is 18.6 Å². The molecule has 0 aromatic carbocycles. The predicted octanol–water partition coefficient (Wildman–Crippen LogP) is 1.87. The molecule has 0 aliphatic heterocycles. The number of amides is 1. The van der Waals surface area contributed by atoms with E-state index in [-0.39, 0.29) is 10.7 Å². The summed E-state index contributed by atoms with van der Waals surface area (Å²) in [6, 6.07) is 5.64. The van der Waals surface area contributed by atoms with E-state index in [9.17, 15) is 4.79 Å². The van der Waals surface area contributed by atoms with Gasteiger partial charge in [0.05, 0.1) is 17.1 Å². The number of hydrogen-bond donors (Lipinski definition) is 1. The van der Waals surface area contributed by atoms with Crippen molar-refractivity contribution in [2.45, 2.75) is 24.7 Å². The van der Waals surface area contributed by atoms with Crippen LogP contribution in [0.4, 0.5) is 0 Å². The maximum absolute atomic E-state index is 11.4. The first kappa shape index (κ1) is 11.2. The standard InChI is InChI=1S/C10H13BrN2O/c1-2-9(11)10(14)13-7-8-5-3-4-6-12-8/h3-6,9H,2,7H2,1H3,(H,13,14). The van der Waals surface area contributed by atoms with Crippen molar-refractivity contribution in [3.05, 3.63) is 30.1 Å². The average Bonchev–Trinajstić information content (AvgIpc) is 2.26. The molecule has 1 unspecified atom stereocenters. The van der Waals surface area contributed by atoms with Gasteiger partial charge in [0.25, 0.3) is 0 Å². The molecule has 0 spiro atoms. The van der Waals surface area contributed by atoms with E-state index >= 15 is 0 Å². The quantitative estimate of drug-likeness (QED) is 0.836. The van der Waals surface area contributed by atoms with Crippen LogP contribution in [0, 0.1) is 0 Å². The first-order valence-corrected chi connectivity index (χ1v) is 5.47. The Morgan fingerprint density at radius 3 is 3.00 bits per heavy atom. The van der Waals surface area contributed by atoms with Crippen molar-refractivity contribution in [2.24, 2.45) is 0 Å². The molecule has 1 rings (SSSR count). The monoisotopic (exact) mass is 256 g/mol. The second-order valence-electron chi connectivity index (χ2n) is 2.91. The first-order chi connectivity index (χ1) is 6.74. The zero-order valence-electron chi connectivity index (χ0n) is 8.03. The Kier molecular flexibility index (Phi) is 4.59. The van der Waals surface area contributed by atoms with Gasteiger partial charge in [0.15, 0.2) is 0 Å². The lowest BCUT2D eigenvalue weighted by atomic mass is 10.3. The molecule has 3 nitrogen and oxygen atoms in total. The highest BCUT2D eigenvalue weighted by Crippen LogP contribution is 2.04. The maximum Gasteiger partial charge on any atom is 0.234 e. The van der Waals surface area contributed by atoms with Gasteiger partial charge in [-0.25, -0.2) is 0 Å². The predicted molar refractivity (Wildman–Crippen MR) is 59.1 cm³/mol. The van der Waals surface area contributed by atoms with Crippen molar-refractivity contribution >= 4 is 21.8 Å². The molecule has 0 radical (unpaired) electrons. The summed E-state index contributed by atoms with van der Waals surface area (Å²) in [6.07, 6.45) is 2.50. The third-order valence-electron chi connectivity index (χ3n) is 1.81. The Labute approximate surface area is 92.1 Å². The van der Waals surface area contributed by atoms with Gasteiger partial charge >= 0.3 is 0 Å². The van der Waals surface area contributed by atoms with Crippen LogP contribution in [0.15, 0.2) is 24.4 Å². The smallest absolute Gasteiger partial charge is 0.234 e. The zero-order valence-corrected chi connectivity index (χ0v) is 9.62. The van der Waals surface area contributed by atoms with Gasteiger partial charge in [-0.15, -0.1) is 0 Å². The number of carbonyl (C=O) groups is 1. The zero-order chi connectivity index (χ0) is 10.4. The molecule has 4 heteroatoms. The van der Waals surface area contributed by atoms with Crippen LogP contribution >= 0.6 is 15.9 Å². The topological polar surface area (TPSA) is 42.0 Å². The number of hydrogen-bond acceptors (Lipinski definition) is 2. The first-order valence-electron chi connectivity index (χ1n) is 4.55. The summed E-state index contributed by atoms with van der Waals surface area (Å²) >= 11 is 3.28. The van der Waals surface area contributed by atoms with Crippen molar-refractivity contribution in [2.75, 3.05) is 0 Å². The van der Waals surface area contributed by atoms with Gasteiger partial charge in [-0.3, -0.25) is 9.78 Å². The van der Waals surface area contributed by atoms with Gasteiger partial charge in [-0.1, -0.05) is 28.9 Å². The summed E-state index contributed by atoms with van der Waals surface area (Å²) < 4.78 is 0. The lowest BCUT2D eigenvalue weighted by molar-refractivity contribution is -0.120. The van der Waals surface area contributed by atoms with Crippen LogP contribution in [0.5, 0.6) is 0 Å². The van der Waals surface area contributed by atoms with E-state index < -0.39 is 0 Å². The minimum absolute atomic E-state index is 0.0122. The largest absolute Gasteiger partial charge is 0.349 e. The molecule has 0 aliphatic rings. The molecular weight excluding hydrogens is 244 g/mol. The lowest BCUT2D eigenvalue weighted by Crippen LogP contribution is -2.30. The van der Waals surface area contributed by atoms with Crippen LogP contribution in [-0.2, 0) is 11.3 Å². The van der Waals surface area contributed by atoms with E-state index in [1.807, 2.05) is 25.1 Å². The van der Waals surface area contributed by atoms with Crippen molar-refractivity contribution in [1.29, 1.82) is 0 Å². The Balaban J connectivity index is 2.38. The molecule has 0 saturated carbocycles. The van der Waals surface area contributed by atoms with Crippen molar-refractivity contribution in [3.63, 3.8) is 0 Å². The number of carbonyl (C=O) groups excluding carboxylic acids is 1. The van der Waals surface area contributed by atoms with Gasteiger partial charge in [0, 0.05) is 6.20 Å². The molecule has 1 aromatic rings. The van der Waals surface area contributed by atoms with Crippen LogP contribution in [0.3, 0.4) is 0 Å². The summed E-state index contributed by atoms with van der Waals surface area (Å²) in [7, 11) is 0. The fourth-order valence-electron chi connectivity index (χ4n) is 0.977. The maximum atomic E-state index is 11.4. The molecule has 1 heterocycles. The SMILES string of the molecule is CCC(Br)C(=O)NCc1ccccn1. The third kappa shape index (κ3) is 3.46. The van der Waals surface area contributed by atoms with E-state index in [0.29, 0.717) is 6.54 Å². The molecule has 14 heavy (non-hydrogen) atoms. The summed E-state index contributed by atoms with van der Waals surface area (Å²) in [6.45, 7) is 2.45. The van der Waals surface area contributed by atoms with Gasteiger partial charge in [0.2, 0.25) is 5.91 Å². The fourth-order valence-corrected chi connectivity index (χ4v) is 1.14. The molecule has 76 valence electrons. The molecule has 0 bridgehead atoms. The van der Waals surface area contributed by atoms with E-state index in [2.05, 4.69) is 26.2 Å². The second kappa shape index (κ2) is 5.75. The Morgan fingerprint density at radius 1 is 1.64 bits per heavy atom.